The van der Waals surface area contributed by atoms with E-state index in [4.69, 9.17) is 0 Å². The van der Waals surface area contributed by atoms with Crippen LogP contribution >= 0.6 is 11.3 Å². The fourth-order valence-corrected chi connectivity index (χ4v) is 3.46. The number of aromatic amines is 1. The molecule has 0 spiro atoms. The molecule has 2 heterocycles. The molecule has 0 bridgehead atoms. The van der Waals surface area contributed by atoms with Gasteiger partial charge < -0.3 is 15.5 Å². The van der Waals surface area contributed by atoms with Crippen molar-refractivity contribution in [3.8, 4) is 11.5 Å². The molecule has 0 radical (unpaired) electrons. The summed E-state index contributed by atoms with van der Waals surface area (Å²) in [6.07, 6.45) is 3.48. The minimum atomic E-state index is -0.439. The molecule has 4 N–H and O–H groups in total. The van der Waals surface area contributed by atoms with Gasteiger partial charge in [0.15, 0.2) is 17.1 Å². The number of nitrogens with one attached hydrogen (secondary N) is 2. The molecule has 0 saturated heterocycles. The van der Waals surface area contributed by atoms with Gasteiger partial charge in [-0.05, 0) is 18.2 Å². The van der Waals surface area contributed by atoms with Crippen LogP contribution in [0.1, 0.15) is 17.2 Å². The molecule has 0 aliphatic carbocycles. The van der Waals surface area contributed by atoms with Crippen molar-refractivity contribution in [3.05, 3.63) is 77.4 Å². The van der Waals surface area contributed by atoms with E-state index >= 15 is 0 Å². The van der Waals surface area contributed by atoms with Crippen molar-refractivity contribution < 1.29 is 15.2 Å². The topological polar surface area (TPSA) is 79.5 Å². The van der Waals surface area contributed by atoms with Crippen molar-refractivity contribution in [1.29, 1.82) is 0 Å². The predicted octanol–water partition coefficient (Wildman–Crippen LogP) is 3.72. The number of phenols is 2. The Labute approximate surface area is 148 Å². The molecule has 5 nitrogen and oxygen atoms in total. The van der Waals surface area contributed by atoms with Crippen LogP contribution in [0.2, 0.25) is 0 Å². The normalized spacial score (nSPS) is 12.2. The number of phenolic OH excluding ortho intramolecular Hbond substituents is 2. The van der Waals surface area contributed by atoms with E-state index in [1.165, 1.54) is 11.3 Å². The van der Waals surface area contributed by atoms with Crippen molar-refractivity contribution in [2.24, 2.45) is 0 Å². The zero-order valence-electron chi connectivity index (χ0n) is 13.2. The molecule has 0 aliphatic heterocycles. The molecule has 2 aromatic carbocycles. The molecule has 1 atom stereocenters. The highest BCUT2D eigenvalue weighted by atomic mass is 32.1. The molecule has 4 aromatic rings. The van der Waals surface area contributed by atoms with Crippen molar-refractivity contribution in [2.75, 3.05) is 5.32 Å². The van der Waals surface area contributed by atoms with Gasteiger partial charge in [0.05, 0.1) is 11.4 Å². The standard InChI is InChI=1S/C19H15N3O2S/c23-15-6-2-1-5-13(15)17(22-19-21-10-11-25-19)14-8-7-12-4-3-9-20-16(12)18(14)24/h1-11,17,23-24H,(H,21,22)/p+1. The Hall–Kier alpha value is -3.12. The number of aromatic nitrogens is 2. The lowest BCUT2D eigenvalue weighted by Crippen LogP contribution is -2.14. The number of para-hydroxylation sites is 1. The van der Waals surface area contributed by atoms with Gasteiger partial charge in [0, 0.05) is 28.8 Å². The number of rotatable bonds is 4. The number of fused-ring (bicyclic) bond motifs is 1. The second-order valence-electron chi connectivity index (χ2n) is 5.61. The van der Waals surface area contributed by atoms with Gasteiger partial charge in [-0.15, -0.1) is 11.3 Å². The van der Waals surface area contributed by atoms with Crippen LogP contribution < -0.4 is 10.3 Å². The summed E-state index contributed by atoms with van der Waals surface area (Å²) in [5.41, 5.74) is 1.98. The molecule has 6 heteroatoms. The number of thiazole rings is 1. The van der Waals surface area contributed by atoms with Gasteiger partial charge in [-0.25, -0.2) is 9.97 Å². The number of pyridine rings is 1. The van der Waals surface area contributed by atoms with Crippen LogP contribution in [0.4, 0.5) is 5.13 Å². The first-order valence-electron chi connectivity index (χ1n) is 7.80. The number of benzene rings is 2. The molecular formula is C19H16N3O2S+. The summed E-state index contributed by atoms with van der Waals surface area (Å²) < 4.78 is 0. The zero-order chi connectivity index (χ0) is 17.2. The summed E-state index contributed by atoms with van der Waals surface area (Å²) >= 11 is 1.46. The highest BCUT2D eigenvalue weighted by Crippen LogP contribution is 2.38. The quantitative estimate of drug-likeness (QED) is 0.524. The van der Waals surface area contributed by atoms with Gasteiger partial charge >= 0.3 is 0 Å². The lowest BCUT2D eigenvalue weighted by atomic mass is 9.96. The van der Waals surface area contributed by atoms with E-state index in [0.29, 0.717) is 21.8 Å². The number of nitrogens with zero attached hydrogens (tertiary/aromatic N) is 1. The van der Waals surface area contributed by atoms with Crippen molar-refractivity contribution in [2.45, 2.75) is 6.04 Å². The molecule has 124 valence electrons. The number of hydrogen-bond donors (Lipinski definition) is 3. The number of hydrogen-bond acceptors (Lipinski definition) is 5. The lowest BCUT2D eigenvalue weighted by Gasteiger charge is -2.21. The number of anilines is 1. The van der Waals surface area contributed by atoms with Crippen LogP contribution in [0.15, 0.2) is 66.3 Å². The third kappa shape index (κ3) is 2.88. The van der Waals surface area contributed by atoms with Gasteiger partial charge in [-0.3, -0.25) is 0 Å². The second kappa shape index (κ2) is 6.41. The molecule has 4 rings (SSSR count). The number of H-pyrrole nitrogens is 1. The molecule has 1 unspecified atom stereocenters. The minimum absolute atomic E-state index is 0.149. The molecule has 25 heavy (non-hydrogen) atoms. The Morgan fingerprint density at radius 1 is 1.00 bits per heavy atom. The van der Waals surface area contributed by atoms with E-state index in [1.807, 2.05) is 41.8 Å². The number of aromatic hydroxyl groups is 2. The smallest absolute Gasteiger partial charge is 0.253 e. The lowest BCUT2D eigenvalue weighted by molar-refractivity contribution is -0.345. The molecule has 0 aliphatic rings. The Kier molecular flexibility index (Phi) is 3.95. The van der Waals surface area contributed by atoms with Crippen LogP contribution in [-0.4, -0.2) is 15.2 Å². The van der Waals surface area contributed by atoms with Gasteiger partial charge in [0.1, 0.15) is 5.75 Å². The summed E-state index contributed by atoms with van der Waals surface area (Å²) in [5.74, 6) is 0.309. The van der Waals surface area contributed by atoms with E-state index in [9.17, 15) is 10.2 Å². The highest BCUT2D eigenvalue weighted by Gasteiger charge is 2.24. The van der Waals surface area contributed by atoms with Gasteiger partial charge in [-0.2, -0.15) is 0 Å². The molecule has 2 aromatic heterocycles. The van der Waals surface area contributed by atoms with Gasteiger partial charge in [-0.1, -0.05) is 24.3 Å². The maximum atomic E-state index is 10.8. The molecular weight excluding hydrogens is 334 g/mol. The summed E-state index contributed by atoms with van der Waals surface area (Å²) in [5, 5.41) is 28.0. The first-order valence-corrected chi connectivity index (χ1v) is 8.68. The van der Waals surface area contributed by atoms with E-state index < -0.39 is 6.04 Å². The highest BCUT2D eigenvalue weighted by molar-refractivity contribution is 7.13. The Morgan fingerprint density at radius 3 is 2.68 bits per heavy atom. The zero-order valence-corrected chi connectivity index (χ0v) is 14.0. The summed E-state index contributed by atoms with van der Waals surface area (Å²) in [4.78, 5) is 7.35. The van der Waals surface area contributed by atoms with Crippen LogP contribution in [-0.2, 0) is 0 Å². The van der Waals surface area contributed by atoms with Crippen LogP contribution in [0.3, 0.4) is 0 Å². The van der Waals surface area contributed by atoms with Crippen molar-refractivity contribution in [1.82, 2.24) is 4.98 Å². The summed E-state index contributed by atoms with van der Waals surface area (Å²) in [6, 6.07) is 14.3. The van der Waals surface area contributed by atoms with Gasteiger partial charge in [0.2, 0.25) is 0 Å². The van der Waals surface area contributed by atoms with E-state index in [-0.39, 0.29) is 11.5 Å². The minimum Gasteiger partial charge on any atom is -0.508 e. The van der Waals surface area contributed by atoms with E-state index in [1.54, 1.807) is 24.5 Å². The van der Waals surface area contributed by atoms with Crippen LogP contribution in [0.25, 0.3) is 10.9 Å². The Balaban J connectivity index is 1.89. The summed E-state index contributed by atoms with van der Waals surface area (Å²) in [6.45, 7) is 0. The Bertz CT molecular complexity index is 1020. The third-order valence-corrected chi connectivity index (χ3v) is 4.80. The maximum absolute atomic E-state index is 10.8. The molecule has 0 fully saturated rings. The van der Waals surface area contributed by atoms with Crippen molar-refractivity contribution in [3.63, 3.8) is 0 Å². The average Bonchev–Trinajstić information content (AvgIpc) is 3.15. The van der Waals surface area contributed by atoms with Gasteiger partial charge in [0.25, 0.3) is 5.52 Å². The van der Waals surface area contributed by atoms with Crippen molar-refractivity contribution >= 4 is 27.4 Å². The summed E-state index contributed by atoms with van der Waals surface area (Å²) in [7, 11) is 0. The van der Waals surface area contributed by atoms with Crippen LogP contribution in [0.5, 0.6) is 11.5 Å². The maximum Gasteiger partial charge on any atom is 0.253 e. The second-order valence-corrected chi connectivity index (χ2v) is 6.51. The first kappa shape index (κ1) is 15.4. The largest absolute Gasteiger partial charge is 0.508 e. The van der Waals surface area contributed by atoms with E-state index in [2.05, 4.69) is 15.3 Å². The van der Waals surface area contributed by atoms with E-state index in [0.717, 1.165) is 5.39 Å². The third-order valence-electron chi connectivity index (χ3n) is 4.10. The fraction of sp³-hybridized carbons (Fsp3) is 0.0526. The Morgan fingerprint density at radius 2 is 1.88 bits per heavy atom. The first-order chi connectivity index (χ1) is 12.2. The monoisotopic (exact) mass is 350 g/mol. The van der Waals surface area contributed by atoms with Crippen LogP contribution in [0, 0.1) is 0 Å². The SMILES string of the molecule is Oc1ccccc1C(Nc1nccs1)c1ccc2ccc[nH+]c2c1O. The molecule has 0 amide bonds. The average molecular weight is 350 g/mol. The predicted molar refractivity (Wildman–Crippen MR) is 97.9 cm³/mol. The fourth-order valence-electron chi connectivity index (χ4n) is 2.90. The molecule has 0 saturated carbocycles.